The fourth-order valence-corrected chi connectivity index (χ4v) is 4.28. The molecule has 3 rings (SSSR count). The van der Waals surface area contributed by atoms with E-state index < -0.39 is 22.6 Å². The molecule has 1 amide bonds. The summed E-state index contributed by atoms with van der Waals surface area (Å²) in [5.41, 5.74) is 0.198. The SMILES string of the molecule is CC(=O)NCc1ccc(C(=O)COC(=O)C2=CN3CCS(=O)(=O)N=C3C=C2)s1. The highest BCUT2D eigenvalue weighted by molar-refractivity contribution is 7.90. The molecule has 0 saturated heterocycles. The molecule has 0 saturated carbocycles. The van der Waals surface area contributed by atoms with Crippen LogP contribution in [0.3, 0.4) is 0 Å². The van der Waals surface area contributed by atoms with E-state index in [1.165, 1.54) is 36.6 Å². The molecule has 28 heavy (non-hydrogen) atoms. The molecule has 2 aliphatic heterocycles. The third-order valence-corrected chi connectivity index (χ3v) is 6.13. The summed E-state index contributed by atoms with van der Waals surface area (Å²) >= 11 is 1.22. The Morgan fingerprint density at radius 3 is 2.82 bits per heavy atom. The van der Waals surface area contributed by atoms with Crippen LogP contribution < -0.4 is 5.32 Å². The van der Waals surface area contributed by atoms with Crippen LogP contribution >= 0.6 is 11.3 Å². The first-order valence-electron chi connectivity index (χ1n) is 8.26. The molecule has 0 fully saturated rings. The van der Waals surface area contributed by atoms with Crippen LogP contribution in [-0.2, 0) is 30.9 Å². The molecule has 148 valence electrons. The number of Topliss-reactive ketones (excluding diaryl/α,β-unsaturated/α-hetero) is 1. The van der Waals surface area contributed by atoms with Crippen molar-refractivity contribution in [3.05, 3.63) is 45.8 Å². The molecule has 0 unspecified atom stereocenters. The number of carbonyl (C=O) groups is 3. The Morgan fingerprint density at radius 2 is 2.07 bits per heavy atom. The van der Waals surface area contributed by atoms with Crippen molar-refractivity contribution < 1.29 is 27.5 Å². The molecule has 0 spiro atoms. The van der Waals surface area contributed by atoms with E-state index in [1.807, 2.05) is 0 Å². The van der Waals surface area contributed by atoms with E-state index in [0.717, 1.165) is 4.88 Å². The molecule has 0 atom stereocenters. The number of carbonyl (C=O) groups excluding carboxylic acids is 3. The third-order valence-electron chi connectivity index (χ3n) is 3.84. The first-order valence-corrected chi connectivity index (χ1v) is 10.7. The Balaban J connectivity index is 1.56. The van der Waals surface area contributed by atoms with E-state index in [2.05, 4.69) is 9.71 Å². The van der Waals surface area contributed by atoms with Gasteiger partial charge in [-0.2, -0.15) is 0 Å². The summed E-state index contributed by atoms with van der Waals surface area (Å²) in [6.45, 7) is 1.51. The minimum absolute atomic E-state index is 0.138. The van der Waals surface area contributed by atoms with Gasteiger partial charge in [0.25, 0.3) is 10.0 Å². The van der Waals surface area contributed by atoms with Crippen LogP contribution in [0, 0.1) is 0 Å². The quantitative estimate of drug-likeness (QED) is 0.525. The van der Waals surface area contributed by atoms with Gasteiger partial charge in [-0.1, -0.05) is 0 Å². The Hall–Kier alpha value is -2.79. The average Bonchev–Trinajstić information content (AvgIpc) is 3.12. The summed E-state index contributed by atoms with van der Waals surface area (Å²) in [4.78, 5) is 38.1. The predicted octanol–water partition coefficient (Wildman–Crippen LogP) is 0.608. The third kappa shape index (κ3) is 4.93. The molecule has 9 nitrogen and oxygen atoms in total. The van der Waals surface area contributed by atoms with Crippen molar-refractivity contribution in [1.82, 2.24) is 10.2 Å². The van der Waals surface area contributed by atoms with Crippen molar-refractivity contribution >= 4 is 44.9 Å². The second-order valence-corrected chi connectivity index (χ2v) is 8.94. The second-order valence-electron chi connectivity index (χ2n) is 6.02. The van der Waals surface area contributed by atoms with Crippen LogP contribution in [-0.4, -0.2) is 55.7 Å². The number of fused-ring (bicyclic) bond motifs is 1. The molecule has 1 N–H and O–H groups in total. The maximum atomic E-state index is 12.2. The fraction of sp³-hybridized carbons (Fsp3) is 0.294. The molecule has 1 aromatic rings. The minimum atomic E-state index is -3.47. The van der Waals surface area contributed by atoms with Gasteiger partial charge in [0.15, 0.2) is 6.61 Å². The molecule has 0 aliphatic carbocycles. The number of rotatable bonds is 6. The Kier molecular flexibility index (Phi) is 5.75. The van der Waals surface area contributed by atoms with E-state index in [1.54, 1.807) is 17.0 Å². The van der Waals surface area contributed by atoms with Gasteiger partial charge in [0.1, 0.15) is 5.84 Å². The molecule has 1 aromatic heterocycles. The van der Waals surface area contributed by atoms with E-state index in [9.17, 15) is 22.8 Å². The summed E-state index contributed by atoms with van der Waals surface area (Å²) in [7, 11) is -3.47. The minimum Gasteiger partial charge on any atom is -0.454 e. The number of nitrogens with zero attached hydrogens (tertiary/aromatic N) is 2. The summed E-state index contributed by atoms with van der Waals surface area (Å²) in [6, 6.07) is 3.35. The number of ether oxygens (including phenoxy) is 1. The summed E-state index contributed by atoms with van der Waals surface area (Å²) in [5.74, 6) is -1.10. The number of esters is 1. The zero-order valence-electron chi connectivity index (χ0n) is 14.9. The first-order chi connectivity index (χ1) is 13.2. The van der Waals surface area contributed by atoms with E-state index in [0.29, 0.717) is 11.4 Å². The largest absolute Gasteiger partial charge is 0.454 e. The molecule has 0 radical (unpaired) electrons. The Bertz CT molecular complexity index is 1020. The van der Waals surface area contributed by atoms with Gasteiger partial charge in [0.05, 0.1) is 22.7 Å². The van der Waals surface area contributed by atoms with Crippen molar-refractivity contribution in [2.45, 2.75) is 13.5 Å². The van der Waals surface area contributed by atoms with Gasteiger partial charge in [-0.25, -0.2) is 13.2 Å². The highest BCUT2D eigenvalue weighted by Crippen LogP contribution is 2.19. The van der Waals surface area contributed by atoms with Crippen molar-refractivity contribution in [1.29, 1.82) is 0 Å². The fourth-order valence-electron chi connectivity index (χ4n) is 2.44. The smallest absolute Gasteiger partial charge is 0.340 e. The average molecular weight is 423 g/mol. The zero-order chi connectivity index (χ0) is 20.3. The van der Waals surface area contributed by atoms with Crippen LogP contribution in [0.15, 0.2) is 40.5 Å². The van der Waals surface area contributed by atoms with Crippen molar-refractivity contribution in [3.8, 4) is 0 Å². The first kappa shape index (κ1) is 20.0. The van der Waals surface area contributed by atoms with Gasteiger partial charge in [-0.15, -0.1) is 15.7 Å². The number of nitrogens with one attached hydrogen (secondary N) is 1. The van der Waals surface area contributed by atoms with Gasteiger partial charge in [0, 0.05) is 24.5 Å². The Labute approximate surface area is 165 Å². The van der Waals surface area contributed by atoms with Crippen molar-refractivity contribution in [2.24, 2.45) is 4.40 Å². The molecular weight excluding hydrogens is 406 g/mol. The Morgan fingerprint density at radius 1 is 1.29 bits per heavy atom. The van der Waals surface area contributed by atoms with Gasteiger partial charge in [0.2, 0.25) is 11.7 Å². The molecule has 0 aromatic carbocycles. The lowest BCUT2D eigenvalue weighted by molar-refractivity contribution is -0.137. The molecule has 3 heterocycles. The van der Waals surface area contributed by atoms with Crippen molar-refractivity contribution in [3.63, 3.8) is 0 Å². The number of amides is 1. The maximum Gasteiger partial charge on any atom is 0.340 e. The topological polar surface area (TPSA) is 122 Å². The lowest BCUT2D eigenvalue weighted by Crippen LogP contribution is -2.37. The maximum absolute atomic E-state index is 12.2. The number of thiophene rings is 1. The van der Waals surface area contributed by atoms with Crippen LogP contribution in [0.4, 0.5) is 0 Å². The van der Waals surface area contributed by atoms with Gasteiger partial charge in [-0.3, -0.25) is 9.59 Å². The van der Waals surface area contributed by atoms with Gasteiger partial charge >= 0.3 is 5.97 Å². The highest BCUT2D eigenvalue weighted by atomic mass is 32.2. The summed E-state index contributed by atoms with van der Waals surface area (Å²) < 4.78 is 31.7. The predicted molar refractivity (Wildman–Crippen MR) is 102 cm³/mol. The zero-order valence-corrected chi connectivity index (χ0v) is 16.5. The van der Waals surface area contributed by atoms with E-state index in [-0.39, 0.29) is 35.4 Å². The number of amidine groups is 1. The number of ketones is 1. The normalized spacial score (nSPS) is 17.2. The molecule has 2 aliphatic rings. The molecular formula is C17H17N3O6S2. The standard InChI is InChI=1S/C17H17N3O6S2/c1-11(21)18-8-13-3-4-15(27-13)14(22)10-26-17(23)12-2-5-16-19-28(24,25)7-6-20(16)9-12/h2-5,9H,6-8,10H2,1H3,(H,18,21). The van der Waals surface area contributed by atoms with Gasteiger partial charge < -0.3 is 15.0 Å². The van der Waals surface area contributed by atoms with Gasteiger partial charge in [-0.05, 0) is 24.3 Å². The summed E-state index contributed by atoms with van der Waals surface area (Å²) in [5, 5.41) is 2.64. The number of hydrogen-bond donors (Lipinski definition) is 1. The highest BCUT2D eigenvalue weighted by Gasteiger charge is 2.25. The van der Waals surface area contributed by atoms with Crippen LogP contribution in [0.5, 0.6) is 0 Å². The van der Waals surface area contributed by atoms with E-state index in [4.69, 9.17) is 4.74 Å². The van der Waals surface area contributed by atoms with Crippen LogP contribution in [0.1, 0.15) is 21.5 Å². The van der Waals surface area contributed by atoms with E-state index >= 15 is 0 Å². The lowest BCUT2D eigenvalue weighted by Gasteiger charge is -2.26. The van der Waals surface area contributed by atoms with Crippen molar-refractivity contribution in [2.75, 3.05) is 18.9 Å². The second kappa shape index (κ2) is 8.07. The molecule has 11 heteroatoms. The van der Waals surface area contributed by atoms with Crippen LogP contribution in [0.25, 0.3) is 0 Å². The summed E-state index contributed by atoms with van der Waals surface area (Å²) in [6.07, 6.45) is 4.28. The monoisotopic (exact) mass is 423 g/mol. The number of hydrogen-bond acceptors (Lipinski definition) is 8. The van der Waals surface area contributed by atoms with Crippen LogP contribution in [0.2, 0.25) is 0 Å². The molecule has 0 bridgehead atoms. The lowest BCUT2D eigenvalue weighted by atomic mass is 10.2. The number of sulfonamides is 1.